The molecule has 0 aliphatic carbocycles. The van der Waals surface area contributed by atoms with Crippen molar-refractivity contribution in [3.8, 4) is 5.75 Å². The number of thiophene rings is 1. The highest BCUT2D eigenvalue weighted by Gasteiger charge is 2.08. The van der Waals surface area contributed by atoms with Gasteiger partial charge in [-0.2, -0.15) is 0 Å². The number of carbonyl (C=O) groups is 1. The molecule has 3 nitrogen and oxygen atoms in total. The van der Waals surface area contributed by atoms with Gasteiger partial charge < -0.3 is 4.74 Å². The van der Waals surface area contributed by atoms with Crippen molar-refractivity contribution >= 4 is 17.3 Å². The number of rotatable bonds is 2. The Kier molecular flexibility index (Phi) is 2.55. The number of esters is 1. The summed E-state index contributed by atoms with van der Waals surface area (Å²) in [5.41, 5.74) is 0. The van der Waals surface area contributed by atoms with Gasteiger partial charge in [0.15, 0.2) is 0 Å². The molecule has 0 aromatic carbocycles. The van der Waals surface area contributed by atoms with Crippen LogP contribution >= 0.6 is 11.3 Å². The molecule has 14 heavy (non-hydrogen) atoms. The van der Waals surface area contributed by atoms with Crippen molar-refractivity contribution in [3.63, 3.8) is 0 Å². The van der Waals surface area contributed by atoms with Gasteiger partial charge in [0.25, 0.3) is 0 Å². The van der Waals surface area contributed by atoms with Crippen LogP contribution in [0.3, 0.4) is 0 Å². The average Bonchev–Trinajstić information content (AvgIpc) is 2.72. The number of hydrogen-bond acceptors (Lipinski definition) is 4. The summed E-state index contributed by atoms with van der Waals surface area (Å²) in [4.78, 5) is 15.9. The summed E-state index contributed by atoms with van der Waals surface area (Å²) in [5, 5.41) is 1.83. The average molecular weight is 205 g/mol. The molecule has 0 aliphatic rings. The fourth-order valence-corrected chi connectivity index (χ4v) is 1.56. The minimum absolute atomic E-state index is 0.340. The Bertz CT molecular complexity index is 411. The van der Waals surface area contributed by atoms with E-state index < -0.39 is 0 Å². The van der Waals surface area contributed by atoms with Crippen LogP contribution in [0.25, 0.3) is 0 Å². The zero-order chi connectivity index (χ0) is 9.80. The Hall–Kier alpha value is -1.68. The molecule has 0 bridgehead atoms. The monoisotopic (exact) mass is 205 g/mol. The molecule has 2 rings (SSSR count). The lowest BCUT2D eigenvalue weighted by molar-refractivity contribution is 0.0739. The molecule has 0 atom stereocenters. The molecule has 0 spiro atoms. The van der Waals surface area contributed by atoms with E-state index in [4.69, 9.17) is 4.74 Å². The van der Waals surface area contributed by atoms with Gasteiger partial charge in [0.1, 0.15) is 10.6 Å². The third-order valence-electron chi connectivity index (χ3n) is 1.57. The fourth-order valence-electron chi connectivity index (χ4n) is 0.960. The van der Waals surface area contributed by atoms with Crippen molar-refractivity contribution in [2.45, 2.75) is 0 Å². The summed E-state index contributed by atoms with van der Waals surface area (Å²) >= 11 is 1.36. The molecule has 0 unspecified atom stereocenters. The maximum absolute atomic E-state index is 11.4. The first-order valence-electron chi connectivity index (χ1n) is 4.02. The van der Waals surface area contributed by atoms with Crippen molar-refractivity contribution in [2.75, 3.05) is 0 Å². The fraction of sp³-hybridized carbons (Fsp3) is 0. The minimum Gasteiger partial charge on any atom is -0.421 e. The summed E-state index contributed by atoms with van der Waals surface area (Å²) in [5.74, 6) is 0.124. The van der Waals surface area contributed by atoms with Gasteiger partial charge in [-0.25, -0.2) is 4.79 Å². The second-order valence-corrected chi connectivity index (χ2v) is 3.50. The summed E-state index contributed by atoms with van der Waals surface area (Å²) in [6.45, 7) is 0. The molecule has 2 aromatic rings. The van der Waals surface area contributed by atoms with Crippen LogP contribution in [-0.4, -0.2) is 11.0 Å². The van der Waals surface area contributed by atoms with E-state index in [9.17, 15) is 4.79 Å². The van der Waals surface area contributed by atoms with Crippen LogP contribution in [0.5, 0.6) is 5.75 Å². The number of hydrogen-bond donors (Lipinski definition) is 0. The number of nitrogens with zero attached hydrogens (tertiary/aromatic N) is 1. The lowest BCUT2D eigenvalue weighted by Crippen LogP contribution is -2.06. The van der Waals surface area contributed by atoms with Crippen LogP contribution in [-0.2, 0) is 0 Å². The maximum atomic E-state index is 11.4. The van der Waals surface area contributed by atoms with Crippen LogP contribution in [0.2, 0.25) is 0 Å². The normalized spacial score (nSPS) is 9.71. The van der Waals surface area contributed by atoms with E-state index in [1.54, 1.807) is 24.4 Å². The number of carbonyl (C=O) groups excluding carboxylic acids is 1. The summed E-state index contributed by atoms with van der Waals surface area (Å²) in [6.07, 6.45) is 3.13. The SMILES string of the molecule is O=C(Oc1cccnc1)c1cccs1. The van der Waals surface area contributed by atoms with Gasteiger partial charge in [-0.1, -0.05) is 6.07 Å². The maximum Gasteiger partial charge on any atom is 0.353 e. The Morgan fingerprint density at radius 1 is 1.36 bits per heavy atom. The largest absolute Gasteiger partial charge is 0.421 e. The highest BCUT2D eigenvalue weighted by atomic mass is 32.1. The topological polar surface area (TPSA) is 39.2 Å². The van der Waals surface area contributed by atoms with E-state index in [0.29, 0.717) is 10.6 Å². The Morgan fingerprint density at radius 2 is 2.29 bits per heavy atom. The molecular formula is C10H7NO2S. The molecule has 4 heteroatoms. The van der Waals surface area contributed by atoms with E-state index in [1.165, 1.54) is 17.5 Å². The Labute approximate surface area is 85.0 Å². The highest BCUT2D eigenvalue weighted by Crippen LogP contribution is 2.13. The quantitative estimate of drug-likeness (QED) is 0.706. The molecule has 2 heterocycles. The number of pyridine rings is 1. The summed E-state index contributed by atoms with van der Waals surface area (Å²) < 4.78 is 5.07. The van der Waals surface area contributed by atoms with Gasteiger partial charge in [0, 0.05) is 6.20 Å². The van der Waals surface area contributed by atoms with Gasteiger partial charge in [0.05, 0.1) is 6.20 Å². The summed E-state index contributed by atoms with van der Waals surface area (Å²) in [6, 6.07) is 6.95. The minimum atomic E-state index is -0.340. The smallest absolute Gasteiger partial charge is 0.353 e. The molecule has 0 amide bonds. The van der Waals surface area contributed by atoms with Crippen LogP contribution in [0.1, 0.15) is 9.67 Å². The predicted octanol–water partition coefficient (Wildman–Crippen LogP) is 2.36. The molecule has 0 aliphatic heterocycles. The van der Waals surface area contributed by atoms with Crippen molar-refractivity contribution in [2.24, 2.45) is 0 Å². The zero-order valence-electron chi connectivity index (χ0n) is 7.21. The van der Waals surface area contributed by atoms with Crippen molar-refractivity contribution in [1.82, 2.24) is 4.98 Å². The van der Waals surface area contributed by atoms with Gasteiger partial charge in [0.2, 0.25) is 0 Å². The third-order valence-corrected chi connectivity index (χ3v) is 2.42. The molecular weight excluding hydrogens is 198 g/mol. The standard InChI is InChI=1S/C10H7NO2S/c12-10(9-4-2-6-14-9)13-8-3-1-5-11-7-8/h1-7H. The van der Waals surface area contributed by atoms with E-state index in [2.05, 4.69) is 4.98 Å². The van der Waals surface area contributed by atoms with Crippen LogP contribution < -0.4 is 4.74 Å². The molecule has 0 saturated heterocycles. The summed E-state index contributed by atoms with van der Waals surface area (Å²) in [7, 11) is 0. The Morgan fingerprint density at radius 3 is 2.93 bits per heavy atom. The van der Waals surface area contributed by atoms with Crippen LogP contribution in [0.4, 0.5) is 0 Å². The van der Waals surface area contributed by atoms with Gasteiger partial charge >= 0.3 is 5.97 Å². The van der Waals surface area contributed by atoms with Gasteiger partial charge in [-0.05, 0) is 23.6 Å². The van der Waals surface area contributed by atoms with E-state index in [-0.39, 0.29) is 5.97 Å². The third kappa shape index (κ3) is 1.97. The van der Waals surface area contributed by atoms with E-state index in [1.807, 2.05) is 11.4 Å². The first-order valence-corrected chi connectivity index (χ1v) is 4.90. The lowest BCUT2D eigenvalue weighted by Gasteiger charge is -2.00. The molecule has 70 valence electrons. The predicted molar refractivity (Wildman–Crippen MR) is 53.5 cm³/mol. The lowest BCUT2D eigenvalue weighted by atomic mass is 10.4. The molecule has 0 N–H and O–H groups in total. The first kappa shape index (κ1) is 8.90. The molecule has 2 aromatic heterocycles. The van der Waals surface area contributed by atoms with Gasteiger partial charge in [-0.3, -0.25) is 4.98 Å². The first-order chi connectivity index (χ1) is 6.86. The second-order valence-electron chi connectivity index (χ2n) is 2.56. The van der Waals surface area contributed by atoms with Crippen molar-refractivity contribution < 1.29 is 9.53 Å². The van der Waals surface area contributed by atoms with Crippen LogP contribution in [0.15, 0.2) is 42.0 Å². The second kappa shape index (κ2) is 4.02. The number of ether oxygens (including phenoxy) is 1. The molecule has 0 radical (unpaired) electrons. The molecule has 0 saturated carbocycles. The highest BCUT2D eigenvalue weighted by molar-refractivity contribution is 7.12. The number of aromatic nitrogens is 1. The van der Waals surface area contributed by atoms with Crippen molar-refractivity contribution in [1.29, 1.82) is 0 Å². The zero-order valence-corrected chi connectivity index (χ0v) is 8.03. The van der Waals surface area contributed by atoms with Crippen molar-refractivity contribution in [3.05, 3.63) is 46.9 Å². The van der Waals surface area contributed by atoms with E-state index in [0.717, 1.165) is 0 Å². The van der Waals surface area contributed by atoms with Crippen LogP contribution in [0, 0.1) is 0 Å². The molecule has 0 fully saturated rings. The van der Waals surface area contributed by atoms with Gasteiger partial charge in [-0.15, -0.1) is 11.3 Å². The van der Waals surface area contributed by atoms with E-state index >= 15 is 0 Å². The Balaban J connectivity index is 2.10.